The van der Waals surface area contributed by atoms with E-state index in [1.807, 2.05) is 0 Å². The number of aliphatic hydroxyl groups is 2. The molecular formula is C12H17Cl2N2O6. The van der Waals surface area contributed by atoms with E-state index in [-0.39, 0.29) is 13.2 Å². The molecule has 1 fully saturated rings. The maximum absolute atomic E-state index is 11.6. The third-order valence-electron chi connectivity index (χ3n) is 2.88. The quantitative estimate of drug-likeness (QED) is 0.328. The van der Waals surface area contributed by atoms with Gasteiger partial charge in [-0.2, -0.15) is 0 Å². The Morgan fingerprint density at radius 1 is 1.55 bits per heavy atom. The predicted molar refractivity (Wildman–Crippen MR) is 77.8 cm³/mol. The molecule has 0 aromatic heterocycles. The molecule has 2 amide bonds. The molecule has 0 aliphatic carbocycles. The summed E-state index contributed by atoms with van der Waals surface area (Å²) in [5.74, 6) is -3.80. The van der Waals surface area contributed by atoms with Crippen molar-refractivity contribution in [3.05, 3.63) is 19.1 Å². The number of ether oxygens (including phenoxy) is 2. The van der Waals surface area contributed by atoms with Gasteiger partial charge in [-0.05, 0) is 0 Å². The van der Waals surface area contributed by atoms with Gasteiger partial charge < -0.3 is 30.7 Å². The minimum atomic E-state index is -2.05. The first-order chi connectivity index (χ1) is 10.2. The Kier molecular flexibility index (Phi) is 7.04. The standard InChI is InChI=1S/C12H17Cl2N2O6/c1-2-3-21-12(11(15)20)4-6(17)8(18)7(22-12)5-16-10(19)9(13)14/h2,4,6-9,17-18H,1,3,5H2,(H2,15,20)(H,16,19)/t6-,7-,8+,12?/m1/s1. The molecule has 1 unspecified atom stereocenters. The second-order valence-corrected chi connectivity index (χ2v) is 5.58. The number of rotatable bonds is 7. The maximum atomic E-state index is 11.6. The number of carbonyl (C=O) groups is 2. The molecule has 5 N–H and O–H groups in total. The van der Waals surface area contributed by atoms with Gasteiger partial charge in [-0.1, -0.05) is 29.3 Å². The highest BCUT2D eigenvalue weighted by atomic mass is 35.5. The van der Waals surface area contributed by atoms with E-state index in [4.69, 9.17) is 38.4 Å². The van der Waals surface area contributed by atoms with Crippen molar-refractivity contribution < 1.29 is 29.3 Å². The molecule has 0 aromatic rings. The van der Waals surface area contributed by atoms with Crippen molar-refractivity contribution in [1.82, 2.24) is 5.32 Å². The van der Waals surface area contributed by atoms with E-state index in [9.17, 15) is 19.8 Å². The fourth-order valence-electron chi connectivity index (χ4n) is 1.79. The SMILES string of the molecule is C=CCOC1(C(N)=O)[CH][C@@H](O)[C@H](O)[C@@H](CNC(=O)C(Cl)Cl)O1. The number of nitrogens with one attached hydrogen (secondary N) is 1. The van der Waals surface area contributed by atoms with Crippen LogP contribution in [0.4, 0.5) is 0 Å². The van der Waals surface area contributed by atoms with Gasteiger partial charge in [0.2, 0.25) is 0 Å². The summed E-state index contributed by atoms with van der Waals surface area (Å²) in [6, 6.07) is 0. The average Bonchev–Trinajstić information content (AvgIpc) is 2.46. The van der Waals surface area contributed by atoms with Crippen molar-refractivity contribution in [3.63, 3.8) is 0 Å². The molecule has 0 spiro atoms. The molecule has 1 rings (SSSR count). The fraction of sp³-hybridized carbons (Fsp3) is 0.583. The van der Waals surface area contributed by atoms with Crippen LogP contribution in [0.2, 0.25) is 0 Å². The number of aliphatic hydroxyl groups excluding tert-OH is 2. The van der Waals surface area contributed by atoms with Crippen LogP contribution in [-0.2, 0) is 19.1 Å². The average molecular weight is 356 g/mol. The van der Waals surface area contributed by atoms with Crippen molar-refractivity contribution in [1.29, 1.82) is 0 Å². The number of primary amides is 1. The normalized spacial score (nSPS) is 31.8. The number of hydrogen-bond donors (Lipinski definition) is 4. The van der Waals surface area contributed by atoms with E-state index < -0.39 is 40.7 Å². The van der Waals surface area contributed by atoms with E-state index >= 15 is 0 Å². The van der Waals surface area contributed by atoms with Crippen LogP contribution in [0.3, 0.4) is 0 Å². The zero-order chi connectivity index (χ0) is 16.9. The summed E-state index contributed by atoms with van der Waals surface area (Å²) in [7, 11) is 0. The molecule has 1 radical (unpaired) electrons. The number of carbonyl (C=O) groups excluding carboxylic acids is 2. The number of alkyl halides is 2. The summed E-state index contributed by atoms with van der Waals surface area (Å²) >= 11 is 10.7. The van der Waals surface area contributed by atoms with Gasteiger partial charge in [0.05, 0.1) is 19.1 Å². The number of amides is 2. The number of halogens is 2. The summed E-state index contributed by atoms with van der Waals surface area (Å²) < 4.78 is 10.5. The zero-order valence-electron chi connectivity index (χ0n) is 11.4. The molecular weight excluding hydrogens is 339 g/mol. The summed E-state index contributed by atoms with van der Waals surface area (Å²) in [5.41, 5.74) is 5.24. The third kappa shape index (κ3) is 4.55. The molecule has 0 saturated carbocycles. The van der Waals surface area contributed by atoms with Gasteiger partial charge >= 0.3 is 0 Å². The summed E-state index contributed by atoms with van der Waals surface area (Å²) in [6.45, 7) is 3.06. The third-order valence-corrected chi connectivity index (χ3v) is 3.28. The number of nitrogens with two attached hydrogens (primary N) is 1. The van der Waals surface area contributed by atoms with Gasteiger partial charge in [-0.3, -0.25) is 9.59 Å². The van der Waals surface area contributed by atoms with Gasteiger partial charge in [-0.15, -0.1) is 6.58 Å². The van der Waals surface area contributed by atoms with Gasteiger partial charge in [0.15, 0.2) is 4.84 Å². The van der Waals surface area contributed by atoms with Crippen LogP contribution in [0, 0.1) is 6.42 Å². The Hall–Kier alpha value is -0.900. The lowest BCUT2D eigenvalue weighted by Crippen LogP contribution is -2.63. The summed E-state index contributed by atoms with van der Waals surface area (Å²) in [4.78, 5) is 21.6. The molecule has 0 bridgehead atoms. The molecule has 4 atom stereocenters. The van der Waals surface area contributed by atoms with Crippen molar-refractivity contribution in [2.75, 3.05) is 13.2 Å². The van der Waals surface area contributed by atoms with Crippen LogP contribution in [0.5, 0.6) is 0 Å². The lowest BCUT2D eigenvalue weighted by molar-refractivity contribution is -0.269. The van der Waals surface area contributed by atoms with Crippen LogP contribution in [0.25, 0.3) is 0 Å². The van der Waals surface area contributed by atoms with Crippen molar-refractivity contribution >= 4 is 35.0 Å². The Bertz CT molecular complexity index is 436. The summed E-state index contributed by atoms with van der Waals surface area (Å²) in [5, 5.41) is 22.0. The molecule has 125 valence electrons. The molecule has 1 heterocycles. The van der Waals surface area contributed by atoms with Crippen molar-refractivity contribution in [2.24, 2.45) is 5.73 Å². The molecule has 22 heavy (non-hydrogen) atoms. The predicted octanol–water partition coefficient (Wildman–Crippen LogP) is -1.38. The first-order valence-electron chi connectivity index (χ1n) is 6.24. The van der Waals surface area contributed by atoms with Crippen LogP contribution >= 0.6 is 23.2 Å². The molecule has 1 aliphatic heterocycles. The van der Waals surface area contributed by atoms with Crippen LogP contribution in [-0.4, -0.2) is 64.1 Å². The van der Waals surface area contributed by atoms with E-state index in [1.54, 1.807) is 0 Å². The first-order valence-corrected chi connectivity index (χ1v) is 7.11. The molecule has 1 saturated heterocycles. The molecule has 0 aromatic carbocycles. The fourth-order valence-corrected chi connectivity index (χ4v) is 1.95. The highest BCUT2D eigenvalue weighted by Gasteiger charge is 2.51. The minimum absolute atomic E-state index is 0.0905. The number of hydrogen-bond acceptors (Lipinski definition) is 6. The second kappa shape index (κ2) is 8.09. The van der Waals surface area contributed by atoms with E-state index in [0.29, 0.717) is 0 Å². The second-order valence-electron chi connectivity index (χ2n) is 4.48. The van der Waals surface area contributed by atoms with Crippen LogP contribution < -0.4 is 11.1 Å². The Labute approximate surface area is 137 Å². The van der Waals surface area contributed by atoms with Crippen LogP contribution in [0.15, 0.2) is 12.7 Å². The Morgan fingerprint density at radius 2 is 2.18 bits per heavy atom. The largest absolute Gasteiger partial charge is 0.390 e. The first kappa shape index (κ1) is 19.1. The molecule has 10 heteroatoms. The van der Waals surface area contributed by atoms with Gasteiger partial charge in [0.25, 0.3) is 17.6 Å². The monoisotopic (exact) mass is 355 g/mol. The minimum Gasteiger partial charge on any atom is -0.390 e. The van der Waals surface area contributed by atoms with Crippen molar-refractivity contribution in [3.8, 4) is 0 Å². The smallest absolute Gasteiger partial charge is 0.278 e. The van der Waals surface area contributed by atoms with E-state index in [1.165, 1.54) is 6.08 Å². The molecule has 1 aliphatic rings. The van der Waals surface area contributed by atoms with E-state index in [0.717, 1.165) is 6.42 Å². The lowest BCUT2D eigenvalue weighted by Gasteiger charge is -2.42. The highest BCUT2D eigenvalue weighted by Crippen LogP contribution is 2.29. The lowest BCUT2D eigenvalue weighted by atomic mass is 9.94. The van der Waals surface area contributed by atoms with Crippen molar-refractivity contribution in [2.45, 2.75) is 28.9 Å². The highest BCUT2D eigenvalue weighted by molar-refractivity contribution is 6.53. The molecule has 8 nitrogen and oxygen atoms in total. The Balaban J connectivity index is 2.84. The topological polar surface area (TPSA) is 131 Å². The maximum Gasteiger partial charge on any atom is 0.278 e. The van der Waals surface area contributed by atoms with Gasteiger partial charge in [-0.25, -0.2) is 0 Å². The van der Waals surface area contributed by atoms with Crippen LogP contribution in [0.1, 0.15) is 0 Å². The summed E-state index contributed by atoms with van der Waals surface area (Å²) in [6.07, 6.45) is -1.76. The van der Waals surface area contributed by atoms with E-state index in [2.05, 4.69) is 11.9 Å². The zero-order valence-corrected chi connectivity index (χ0v) is 13.0. The Morgan fingerprint density at radius 3 is 2.68 bits per heavy atom. The van der Waals surface area contributed by atoms with Gasteiger partial charge in [0.1, 0.15) is 12.2 Å². The van der Waals surface area contributed by atoms with Gasteiger partial charge in [0, 0.05) is 6.54 Å².